The third-order valence-electron chi connectivity index (χ3n) is 1.64. The van der Waals surface area contributed by atoms with Crippen molar-refractivity contribution in [3.63, 3.8) is 0 Å². The van der Waals surface area contributed by atoms with Crippen LogP contribution in [0.2, 0.25) is 5.15 Å². The molecule has 0 radical (unpaired) electrons. The minimum absolute atomic E-state index is 0.255. The third kappa shape index (κ3) is 3.09. The second-order valence-electron chi connectivity index (χ2n) is 2.86. The molecule has 0 saturated heterocycles. The van der Waals surface area contributed by atoms with Crippen LogP contribution in [-0.4, -0.2) is 16.9 Å². The lowest BCUT2D eigenvalue weighted by Gasteiger charge is -2.09. The van der Waals surface area contributed by atoms with Crippen LogP contribution in [-0.2, 0) is 6.18 Å². The van der Waals surface area contributed by atoms with E-state index in [9.17, 15) is 31.1 Å². The molecule has 0 fully saturated rings. The van der Waals surface area contributed by atoms with Gasteiger partial charge in [0.1, 0.15) is 10.8 Å². The highest BCUT2D eigenvalue weighted by Gasteiger charge is 2.41. The Kier molecular flexibility index (Phi) is 3.37. The zero-order valence-electron chi connectivity index (χ0n) is 7.66. The van der Waals surface area contributed by atoms with Crippen molar-refractivity contribution in [3.05, 3.63) is 28.5 Å². The number of nitrogens with zero attached hydrogens (tertiary/aromatic N) is 1. The molecular weight excluding hydrogens is 276 g/mol. The summed E-state index contributed by atoms with van der Waals surface area (Å²) >= 11 is 5.10. The van der Waals surface area contributed by atoms with Crippen molar-refractivity contribution in [2.75, 3.05) is 0 Å². The Bertz CT molecular complexity index is 452. The Morgan fingerprint density at radius 3 is 2.00 bits per heavy atom. The summed E-state index contributed by atoms with van der Waals surface area (Å²) in [4.78, 5) is 13.4. The standard InChI is InChI=1S/C8H2ClF6NO/c9-6-3(5(17)8(13,14)15)1-2-4(16-6)7(10,11)12/h1-2H. The van der Waals surface area contributed by atoms with Gasteiger partial charge in [0.15, 0.2) is 0 Å². The van der Waals surface area contributed by atoms with Crippen molar-refractivity contribution in [1.29, 1.82) is 0 Å². The van der Waals surface area contributed by atoms with Crippen molar-refractivity contribution in [2.24, 2.45) is 0 Å². The van der Waals surface area contributed by atoms with Gasteiger partial charge >= 0.3 is 12.4 Å². The molecule has 94 valence electrons. The first-order valence-electron chi connectivity index (χ1n) is 3.88. The summed E-state index contributed by atoms with van der Waals surface area (Å²) in [5.74, 6) is -2.34. The number of pyridine rings is 1. The average Bonchev–Trinajstić information content (AvgIpc) is 2.13. The Morgan fingerprint density at radius 1 is 1.12 bits per heavy atom. The number of carbonyl (C=O) groups excluding carboxylic acids is 1. The third-order valence-corrected chi connectivity index (χ3v) is 1.93. The highest BCUT2D eigenvalue weighted by Crippen LogP contribution is 2.31. The maximum atomic E-state index is 12.1. The first-order chi connectivity index (χ1) is 7.53. The zero-order valence-corrected chi connectivity index (χ0v) is 8.41. The number of carbonyl (C=O) groups is 1. The van der Waals surface area contributed by atoms with E-state index in [1.54, 1.807) is 0 Å². The lowest BCUT2D eigenvalue weighted by molar-refractivity contribution is -0.141. The van der Waals surface area contributed by atoms with E-state index in [1.807, 2.05) is 0 Å². The molecule has 0 aliphatic heterocycles. The van der Waals surface area contributed by atoms with Gasteiger partial charge in [0.2, 0.25) is 0 Å². The van der Waals surface area contributed by atoms with E-state index in [0.717, 1.165) is 0 Å². The van der Waals surface area contributed by atoms with Gasteiger partial charge in [0, 0.05) is 0 Å². The molecule has 1 rings (SSSR count). The van der Waals surface area contributed by atoms with E-state index in [2.05, 4.69) is 4.98 Å². The van der Waals surface area contributed by atoms with Gasteiger partial charge in [-0.15, -0.1) is 0 Å². The predicted molar refractivity (Wildman–Crippen MR) is 44.6 cm³/mol. The maximum absolute atomic E-state index is 12.1. The number of hydrogen-bond donors (Lipinski definition) is 0. The van der Waals surface area contributed by atoms with Crippen molar-refractivity contribution in [1.82, 2.24) is 4.98 Å². The lowest BCUT2D eigenvalue weighted by atomic mass is 10.1. The molecular formula is C8H2ClF6NO. The number of halogens is 7. The van der Waals surface area contributed by atoms with Crippen molar-refractivity contribution in [2.45, 2.75) is 12.4 Å². The molecule has 0 unspecified atom stereocenters. The second kappa shape index (κ2) is 4.17. The number of alkyl halides is 6. The lowest BCUT2D eigenvalue weighted by Crippen LogP contribution is -2.23. The molecule has 0 N–H and O–H groups in total. The monoisotopic (exact) mass is 277 g/mol. The van der Waals surface area contributed by atoms with Gasteiger partial charge in [-0.3, -0.25) is 4.79 Å². The van der Waals surface area contributed by atoms with E-state index in [-0.39, 0.29) is 6.07 Å². The molecule has 0 aromatic carbocycles. The molecule has 0 aliphatic rings. The molecule has 9 heteroatoms. The quantitative estimate of drug-likeness (QED) is 0.447. The molecule has 0 atom stereocenters. The number of aromatic nitrogens is 1. The van der Waals surface area contributed by atoms with E-state index in [1.165, 1.54) is 0 Å². The Hall–Kier alpha value is -1.31. The topological polar surface area (TPSA) is 30.0 Å². The van der Waals surface area contributed by atoms with Crippen molar-refractivity contribution < 1.29 is 31.1 Å². The van der Waals surface area contributed by atoms with Crippen molar-refractivity contribution >= 4 is 17.4 Å². The van der Waals surface area contributed by atoms with Gasteiger partial charge in [-0.05, 0) is 12.1 Å². The Balaban J connectivity index is 3.20. The highest BCUT2D eigenvalue weighted by atomic mass is 35.5. The van der Waals surface area contributed by atoms with Crippen LogP contribution in [0.1, 0.15) is 16.1 Å². The first kappa shape index (κ1) is 13.8. The summed E-state index contributed by atoms with van der Waals surface area (Å²) in [5, 5.41) is -1.14. The molecule has 2 nitrogen and oxygen atoms in total. The average molecular weight is 278 g/mol. The van der Waals surface area contributed by atoms with Crippen molar-refractivity contribution in [3.8, 4) is 0 Å². The van der Waals surface area contributed by atoms with Gasteiger partial charge in [-0.25, -0.2) is 4.98 Å². The summed E-state index contributed by atoms with van der Waals surface area (Å²) in [5.41, 5.74) is -2.59. The van der Waals surface area contributed by atoms with Crippen LogP contribution in [0.15, 0.2) is 12.1 Å². The van der Waals surface area contributed by atoms with Gasteiger partial charge in [-0.1, -0.05) is 11.6 Å². The number of ketones is 1. The van der Waals surface area contributed by atoms with Crippen LogP contribution in [0, 0.1) is 0 Å². The van der Waals surface area contributed by atoms with Crippen LogP contribution in [0.5, 0.6) is 0 Å². The van der Waals surface area contributed by atoms with Crippen LogP contribution in [0.3, 0.4) is 0 Å². The van der Waals surface area contributed by atoms with Gasteiger partial charge in [-0.2, -0.15) is 26.3 Å². The number of Topliss-reactive ketones (excluding diaryl/α,β-unsaturated/α-hetero) is 1. The van der Waals surface area contributed by atoms with Crippen LogP contribution < -0.4 is 0 Å². The molecule has 0 bridgehead atoms. The minimum atomic E-state index is -5.22. The minimum Gasteiger partial charge on any atom is -0.284 e. The van der Waals surface area contributed by atoms with Crippen LogP contribution in [0.4, 0.5) is 26.3 Å². The molecule has 0 saturated carbocycles. The van der Waals surface area contributed by atoms with Gasteiger partial charge in [0.05, 0.1) is 5.56 Å². The van der Waals surface area contributed by atoms with E-state index < -0.39 is 34.5 Å². The normalized spacial score (nSPS) is 12.6. The summed E-state index contributed by atoms with van der Waals surface area (Å²) < 4.78 is 72.3. The fourth-order valence-corrected chi connectivity index (χ4v) is 1.15. The number of hydrogen-bond acceptors (Lipinski definition) is 2. The summed E-state index contributed by atoms with van der Waals surface area (Å²) in [6, 6.07) is 0.596. The van der Waals surface area contributed by atoms with Gasteiger partial charge in [0.25, 0.3) is 5.78 Å². The second-order valence-corrected chi connectivity index (χ2v) is 3.22. The SMILES string of the molecule is O=C(c1ccc(C(F)(F)F)nc1Cl)C(F)(F)F. The molecule has 1 heterocycles. The highest BCUT2D eigenvalue weighted by molar-refractivity contribution is 6.33. The zero-order chi connectivity index (χ0) is 13.4. The predicted octanol–water partition coefficient (Wildman–Crippen LogP) is 3.50. The fourth-order valence-electron chi connectivity index (χ4n) is 0.914. The molecule has 0 aliphatic carbocycles. The van der Waals surface area contributed by atoms with E-state index in [0.29, 0.717) is 6.07 Å². The van der Waals surface area contributed by atoms with E-state index >= 15 is 0 Å². The molecule has 1 aromatic rings. The smallest absolute Gasteiger partial charge is 0.284 e. The number of rotatable bonds is 1. The maximum Gasteiger partial charge on any atom is 0.454 e. The summed E-state index contributed by atoms with van der Waals surface area (Å²) in [6.45, 7) is 0. The molecule has 1 aromatic heterocycles. The van der Waals surface area contributed by atoms with E-state index in [4.69, 9.17) is 11.6 Å². The largest absolute Gasteiger partial charge is 0.454 e. The summed E-state index contributed by atoms with van der Waals surface area (Å²) in [7, 11) is 0. The first-order valence-corrected chi connectivity index (χ1v) is 4.26. The van der Waals surface area contributed by atoms with Crippen LogP contribution in [0.25, 0.3) is 0 Å². The Morgan fingerprint density at radius 2 is 1.65 bits per heavy atom. The van der Waals surface area contributed by atoms with Gasteiger partial charge < -0.3 is 0 Å². The molecule has 0 amide bonds. The molecule has 0 spiro atoms. The van der Waals surface area contributed by atoms with Crippen LogP contribution >= 0.6 is 11.6 Å². The Labute approximate surface area is 95.2 Å². The summed E-state index contributed by atoms with van der Waals surface area (Å²) in [6.07, 6.45) is -10.1. The fraction of sp³-hybridized carbons (Fsp3) is 0.250. The molecule has 17 heavy (non-hydrogen) atoms.